The van der Waals surface area contributed by atoms with Gasteiger partial charge in [-0.1, -0.05) is 29.3 Å². The SMILES string of the molecule is O=S(=O)(Nc1cc(Cl)cc(Cl)c1)c1ccc(NC(=S)Nc2cccc(C(F)(F)F)c2)cc1. The monoisotopic (exact) mass is 519 g/mol. The number of nitrogens with one attached hydrogen (secondary N) is 3. The number of benzene rings is 3. The molecule has 0 fully saturated rings. The molecule has 3 aromatic carbocycles. The Morgan fingerprint density at radius 3 is 2.00 bits per heavy atom. The lowest BCUT2D eigenvalue weighted by Gasteiger charge is -2.13. The lowest BCUT2D eigenvalue weighted by molar-refractivity contribution is -0.137. The number of hydrogen-bond donors (Lipinski definition) is 3. The van der Waals surface area contributed by atoms with E-state index in [1.54, 1.807) is 0 Å². The third-order valence-corrected chi connectivity index (χ3v) is 6.02. The molecule has 3 N–H and O–H groups in total. The summed E-state index contributed by atoms with van der Waals surface area (Å²) in [4.78, 5) is -0.0316. The Hall–Kier alpha value is -2.53. The second kappa shape index (κ2) is 9.53. The zero-order valence-electron chi connectivity index (χ0n) is 15.9. The van der Waals surface area contributed by atoms with Crippen LogP contribution in [0.3, 0.4) is 0 Å². The Morgan fingerprint density at radius 1 is 0.812 bits per heavy atom. The molecule has 0 spiro atoms. The minimum Gasteiger partial charge on any atom is -0.332 e. The van der Waals surface area contributed by atoms with Gasteiger partial charge in [0.2, 0.25) is 0 Å². The van der Waals surface area contributed by atoms with Crippen molar-refractivity contribution in [3.8, 4) is 0 Å². The van der Waals surface area contributed by atoms with Crippen molar-refractivity contribution in [3.63, 3.8) is 0 Å². The van der Waals surface area contributed by atoms with Crippen molar-refractivity contribution in [2.24, 2.45) is 0 Å². The van der Waals surface area contributed by atoms with Gasteiger partial charge in [0.1, 0.15) is 0 Å². The zero-order valence-corrected chi connectivity index (χ0v) is 19.0. The van der Waals surface area contributed by atoms with Crippen molar-refractivity contribution in [3.05, 3.63) is 82.3 Å². The van der Waals surface area contributed by atoms with Crippen LogP contribution in [-0.2, 0) is 16.2 Å². The van der Waals surface area contributed by atoms with Crippen molar-refractivity contribution in [2.75, 3.05) is 15.4 Å². The van der Waals surface area contributed by atoms with E-state index in [-0.39, 0.29) is 31.4 Å². The second-order valence-corrected chi connectivity index (χ2v) is 9.41. The first-order valence-electron chi connectivity index (χ1n) is 8.77. The number of halogens is 5. The number of alkyl halides is 3. The van der Waals surface area contributed by atoms with E-state index in [9.17, 15) is 21.6 Å². The zero-order chi connectivity index (χ0) is 23.5. The molecule has 168 valence electrons. The third kappa shape index (κ3) is 6.49. The molecule has 0 unspecified atom stereocenters. The topological polar surface area (TPSA) is 70.2 Å². The van der Waals surface area contributed by atoms with Crippen LogP contribution >= 0.6 is 35.4 Å². The number of sulfonamides is 1. The Labute approximate surface area is 197 Å². The maximum atomic E-state index is 12.8. The van der Waals surface area contributed by atoms with Crippen LogP contribution in [0.15, 0.2) is 71.6 Å². The van der Waals surface area contributed by atoms with Crippen molar-refractivity contribution < 1.29 is 21.6 Å². The van der Waals surface area contributed by atoms with Gasteiger partial charge in [0.25, 0.3) is 10.0 Å². The molecule has 0 saturated heterocycles. The molecule has 0 radical (unpaired) electrons. The quantitative estimate of drug-likeness (QED) is 0.330. The van der Waals surface area contributed by atoms with Crippen LogP contribution in [0, 0.1) is 0 Å². The molecule has 3 aromatic rings. The first-order chi connectivity index (χ1) is 14.9. The number of anilines is 3. The molecule has 0 heterocycles. The van der Waals surface area contributed by atoms with Gasteiger partial charge in [0.15, 0.2) is 5.11 Å². The standard InChI is InChI=1S/C20H14Cl2F3N3O2S2/c21-13-9-14(22)11-17(10-13)28-32(29,30)18-6-4-15(5-7-18)26-19(31)27-16-3-1-2-12(8-16)20(23,24)25/h1-11,28H,(H2,26,27,31). The average molecular weight is 520 g/mol. The Kier molecular flexibility index (Phi) is 7.19. The highest BCUT2D eigenvalue weighted by atomic mass is 35.5. The molecular formula is C20H14Cl2F3N3O2S2. The van der Waals surface area contributed by atoms with E-state index in [0.717, 1.165) is 12.1 Å². The van der Waals surface area contributed by atoms with Crippen LogP contribution in [0.2, 0.25) is 10.0 Å². The predicted octanol–water partition coefficient (Wildman–Crippen LogP) is 6.62. The van der Waals surface area contributed by atoms with Gasteiger partial charge in [-0.05, 0) is 72.9 Å². The van der Waals surface area contributed by atoms with Crippen LogP contribution < -0.4 is 15.4 Å². The highest BCUT2D eigenvalue weighted by Crippen LogP contribution is 2.30. The largest absolute Gasteiger partial charge is 0.416 e. The molecule has 32 heavy (non-hydrogen) atoms. The van der Waals surface area contributed by atoms with E-state index >= 15 is 0 Å². The maximum Gasteiger partial charge on any atom is 0.416 e. The van der Waals surface area contributed by atoms with Gasteiger partial charge in [0.05, 0.1) is 16.1 Å². The molecule has 0 aromatic heterocycles. The van der Waals surface area contributed by atoms with Crippen LogP contribution in [0.25, 0.3) is 0 Å². The van der Waals surface area contributed by atoms with Gasteiger partial charge in [-0.25, -0.2) is 8.42 Å². The van der Waals surface area contributed by atoms with Crippen molar-refractivity contribution in [1.82, 2.24) is 0 Å². The van der Waals surface area contributed by atoms with Crippen molar-refractivity contribution in [2.45, 2.75) is 11.1 Å². The fourth-order valence-electron chi connectivity index (χ4n) is 2.61. The molecule has 0 saturated carbocycles. The average Bonchev–Trinajstić information content (AvgIpc) is 2.66. The summed E-state index contributed by atoms with van der Waals surface area (Å²) in [5.41, 5.74) is -0.0235. The Bertz CT molecular complexity index is 1230. The summed E-state index contributed by atoms with van der Waals surface area (Å²) in [7, 11) is -3.91. The van der Waals surface area contributed by atoms with Gasteiger partial charge in [-0.3, -0.25) is 4.72 Å². The van der Waals surface area contributed by atoms with E-state index in [4.69, 9.17) is 35.4 Å². The van der Waals surface area contributed by atoms with Crippen LogP contribution in [0.1, 0.15) is 5.56 Å². The van der Waals surface area contributed by atoms with Crippen LogP contribution in [-0.4, -0.2) is 13.5 Å². The maximum absolute atomic E-state index is 12.8. The van der Waals surface area contributed by atoms with E-state index in [1.165, 1.54) is 54.6 Å². The van der Waals surface area contributed by atoms with Gasteiger partial charge in [0, 0.05) is 21.4 Å². The second-order valence-electron chi connectivity index (χ2n) is 6.45. The lowest BCUT2D eigenvalue weighted by Crippen LogP contribution is -2.19. The van der Waals surface area contributed by atoms with Crippen LogP contribution in [0.5, 0.6) is 0 Å². The minimum absolute atomic E-state index is 0.0316. The summed E-state index contributed by atoms with van der Waals surface area (Å²) in [5.74, 6) is 0. The van der Waals surface area contributed by atoms with E-state index < -0.39 is 21.8 Å². The van der Waals surface area contributed by atoms with Gasteiger partial charge in [-0.2, -0.15) is 13.2 Å². The van der Waals surface area contributed by atoms with Gasteiger partial charge in [-0.15, -0.1) is 0 Å². The lowest BCUT2D eigenvalue weighted by atomic mass is 10.2. The molecular weight excluding hydrogens is 506 g/mol. The summed E-state index contributed by atoms with van der Waals surface area (Å²) in [6.07, 6.45) is -4.47. The molecule has 0 aliphatic rings. The highest BCUT2D eigenvalue weighted by Gasteiger charge is 2.30. The first kappa shape index (κ1) is 24.1. The summed E-state index contributed by atoms with van der Waals surface area (Å²) < 4.78 is 66.0. The molecule has 0 amide bonds. The Morgan fingerprint density at radius 2 is 1.41 bits per heavy atom. The molecule has 0 atom stereocenters. The molecule has 3 rings (SSSR count). The number of hydrogen-bond acceptors (Lipinski definition) is 3. The third-order valence-electron chi connectivity index (χ3n) is 3.99. The fourth-order valence-corrected chi connectivity index (χ4v) is 4.41. The number of rotatable bonds is 5. The summed E-state index contributed by atoms with van der Waals surface area (Å²) >= 11 is 16.9. The molecule has 12 heteroatoms. The first-order valence-corrected chi connectivity index (χ1v) is 11.4. The molecule has 0 bridgehead atoms. The summed E-state index contributed by atoms with van der Waals surface area (Å²) in [6, 6.07) is 14.5. The van der Waals surface area contributed by atoms with E-state index in [2.05, 4.69) is 15.4 Å². The number of thiocarbonyl (C=S) groups is 1. The van der Waals surface area contributed by atoms with E-state index in [0.29, 0.717) is 5.69 Å². The van der Waals surface area contributed by atoms with E-state index in [1.807, 2.05) is 0 Å². The molecule has 0 aliphatic carbocycles. The summed E-state index contributed by atoms with van der Waals surface area (Å²) in [6.45, 7) is 0. The fraction of sp³-hybridized carbons (Fsp3) is 0.0500. The Balaban J connectivity index is 1.67. The minimum atomic E-state index is -4.47. The summed E-state index contributed by atoms with van der Waals surface area (Å²) in [5, 5.41) is 6.02. The predicted molar refractivity (Wildman–Crippen MR) is 125 cm³/mol. The smallest absolute Gasteiger partial charge is 0.332 e. The molecule has 0 aliphatic heterocycles. The van der Waals surface area contributed by atoms with Gasteiger partial charge >= 0.3 is 6.18 Å². The van der Waals surface area contributed by atoms with Crippen molar-refractivity contribution in [1.29, 1.82) is 0 Å². The molecule has 5 nitrogen and oxygen atoms in total. The van der Waals surface area contributed by atoms with Crippen molar-refractivity contribution >= 4 is 67.6 Å². The van der Waals surface area contributed by atoms with Crippen LogP contribution in [0.4, 0.5) is 30.2 Å². The van der Waals surface area contributed by atoms with Gasteiger partial charge < -0.3 is 10.6 Å². The normalized spacial score (nSPS) is 11.7. The highest BCUT2D eigenvalue weighted by molar-refractivity contribution is 7.92.